The maximum atomic E-state index is 12.8. The van der Waals surface area contributed by atoms with Gasteiger partial charge in [0.15, 0.2) is 0 Å². The summed E-state index contributed by atoms with van der Waals surface area (Å²) in [5.41, 5.74) is 6.31. The fraction of sp³-hybridized carbons (Fsp3) is 0.170. The number of sulfonamides is 2. The number of aryl methyl sites for hydroxylation is 5. The second-order valence-electron chi connectivity index (χ2n) is 13.8. The Morgan fingerprint density at radius 3 is 1.50 bits per heavy atom. The summed E-state index contributed by atoms with van der Waals surface area (Å²) in [7, 11) is -7.58. The minimum atomic E-state index is -3.91. The molecule has 6 aromatic rings. The molecular weight excluding hydrogens is 799 g/mol. The van der Waals surface area contributed by atoms with Gasteiger partial charge in [0.05, 0.1) is 33.0 Å². The van der Waals surface area contributed by atoms with Gasteiger partial charge in [0.2, 0.25) is 0 Å². The number of nitrogens with one attached hydrogen (secondary N) is 2. The van der Waals surface area contributed by atoms with Gasteiger partial charge in [0.25, 0.3) is 20.0 Å². The molecule has 0 atom stereocenters. The van der Waals surface area contributed by atoms with E-state index < -0.39 is 32.0 Å². The Morgan fingerprint density at radius 2 is 1.02 bits per heavy atom. The minimum absolute atomic E-state index is 0.0622. The Morgan fingerprint density at radius 1 is 0.550 bits per heavy atom. The molecule has 6 aromatic carbocycles. The lowest BCUT2D eigenvalue weighted by Gasteiger charge is -2.13. The molecule has 0 bridgehead atoms. The zero-order valence-corrected chi connectivity index (χ0v) is 34.5. The molecule has 11 nitrogen and oxygen atoms in total. The van der Waals surface area contributed by atoms with Crippen molar-refractivity contribution in [1.29, 1.82) is 5.26 Å². The molecule has 4 N–H and O–H groups in total. The van der Waals surface area contributed by atoms with Crippen molar-refractivity contribution in [2.45, 2.75) is 61.7 Å². The Labute approximate surface area is 351 Å². The monoisotopic (exact) mass is 843 g/mol. The zero-order valence-electron chi connectivity index (χ0n) is 32.9. The van der Waals surface area contributed by atoms with Crippen LogP contribution in [0, 0.1) is 11.3 Å². The summed E-state index contributed by atoms with van der Waals surface area (Å²) in [5, 5.41) is 27.4. The molecule has 0 aliphatic carbocycles. The van der Waals surface area contributed by atoms with Gasteiger partial charge in [-0.15, -0.1) is 0 Å². The summed E-state index contributed by atoms with van der Waals surface area (Å²) < 4.78 is 56.5. The van der Waals surface area contributed by atoms with E-state index in [1.165, 1.54) is 12.1 Å². The first-order valence-electron chi connectivity index (χ1n) is 19.2. The number of aromatic carboxylic acids is 2. The third-order valence-corrected chi connectivity index (χ3v) is 12.4. The molecule has 13 heteroatoms. The summed E-state index contributed by atoms with van der Waals surface area (Å²) in [6.45, 7) is 2.02. The van der Waals surface area contributed by atoms with E-state index in [0.717, 1.165) is 47.1 Å². The van der Waals surface area contributed by atoms with Crippen LogP contribution < -0.4 is 9.44 Å². The van der Waals surface area contributed by atoms with Crippen molar-refractivity contribution in [3.63, 3.8) is 0 Å². The fourth-order valence-corrected chi connectivity index (χ4v) is 8.82. The molecule has 0 spiro atoms. The zero-order chi connectivity index (χ0) is 43.1. The topological polar surface area (TPSA) is 191 Å². The number of hydrogen-bond donors (Lipinski definition) is 4. The third-order valence-electron chi connectivity index (χ3n) is 9.63. The number of carboxylic acids is 2. The number of nitriles is 1. The summed E-state index contributed by atoms with van der Waals surface area (Å²) in [4.78, 5) is 22.4. The largest absolute Gasteiger partial charge is 0.478 e. The number of hydrogen-bond acceptors (Lipinski definition) is 7. The first-order valence-corrected chi connectivity index (χ1v) is 22.2. The summed E-state index contributed by atoms with van der Waals surface area (Å²) in [6, 6.07) is 43.0. The van der Waals surface area contributed by atoms with Gasteiger partial charge in [-0.25, -0.2) is 26.4 Å². The average Bonchev–Trinajstić information content (AvgIpc) is 3.25. The lowest BCUT2D eigenvalue weighted by Crippen LogP contribution is -2.15. The Bertz CT molecular complexity index is 2710. The molecule has 0 fully saturated rings. The van der Waals surface area contributed by atoms with Gasteiger partial charge in [-0.2, -0.15) is 5.26 Å². The van der Waals surface area contributed by atoms with Crippen LogP contribution in [0.2, 0.25) is 0 Å². The highest BCUT2D eigenvalue weighted by atomic mass is 32.2. The van der Waals surface area contributed by atoms with Gasteiger partial charge in [-0.05, 0) is 133 Å². The quantitative estimate of drug-likeness (QED) is 0.0694. The van der Waals surface area contributed by atoms with Gasteiger partial charge in [0.1, 0.15) is 11.0 Å². The Hall–Kier alpha value is -6.75. The molecule has 0 aliphatic rings. The van der Waals surface area contributed by atoms with Crippen molar-refractivity contribution in [3.05, 3.63) is 190 Å². The van der Waals surface area contributed by atoms with E-state index in [2.05, 4.69) is 9.44 Å². The summed E-state index contributed by atoms with van der Waals surface area (Å²) in [6.07, 6.45) is 5.00. The number of anilines is 2. The SMILES string of the molecule is CCc1ccc(S(=O)(=O)Nc2ccccc2CCCc2cccc(C(=O)O)c2)cc1.N#Cc1ccccc1S(=O)(=O)Nc1ccccc1CCCc1cccc(C(=O)O)c1. The highest BCUT2D eigenvalue weighted by Gasteiger charge is 2.20. The fourth-order valence-electron chi connectivity index (χ4n) is 6.46. The van der Waals surface area contributed by atoms with Crippen LogP contribution in [0.5, 0.6) is 0 Å². The van der Waals surface area contributed by atoms with E-state index in [0.29, 0.717) is 37.1 Å². The standard InChI is InChI=1S/C24H25NO4S.C23H20N2O4S/c1-2-18-13-15-22(16-14-18)30(28,29)25-23-12-4-3-9-20(23)10-5-7-19-8-6-11-21(17-19)24(26)27;24-16-20-10-2-4-14-22(20)30(28,29)25-21-13-3-1-9-18(21)11-5-7-17-8-6-12-19(15-17)23(26)27/h3-4,6,8-9,11-17,25H,2,5,7,10H2,1H3,(H,26,27);1-4,6,8-10,12-15,25H,5,7,11H2,(H,26,27). The van der Waals surface area contributed by atoms with Gasteiger partial charge in [-0.3, -0.25) is 9.44 Å². The highest BCUT2D eigenvalue weighted by Crippen LogP contribution is 2.25. The molecule has 0 saturated heterocycles. The van der Waals surface area contributed by atoms with Crippen LogP contribution in [0.3, 0.4) is 0 Å². The maximum absolute atomic E-state index is 12.8. The van der Waals surface area contributed by atoms with Crippen LogP contribution >= 0.6 is 0 Å². The Kier molecular flexibility index (Phi) is 15.4. The lowest BCUT2D eigenvalue weighted by atomic mass is 10.0. The molecule has 0 radical (unpaired) electrons. The first-order chi connectivity index (χ1) is 28.8. The van der Waals surface area contributed by atoms with Gasteiger partial charge in [-0.1, -0.05) is 91.9 Å². The van der Waals surface area contributed by atoms with E-state index in [1.54, 1.807) is 84.9 Å². The van der Waals surface area contributed by atoms with Crippen LogP contribution in [0.25, 0.3) is 0 Å². The first kappa shape index (κ1) is 44.4. The van der Waals surface area contributed by atoms with Crippen LogP contribution in [-0.2, 0) is 52.2 Å². The number of para-hydroxylation sites is 2. The maximum Gasteiger partial charge on any atom is 0.335 e. The van der Waals surface area contributed by atoms with E-state index >= 15 is 0 Å². The predicted octanol–water partition coefficient (Wildman–Crippen LogP) is 9.16. The van der Waals surface area contributed by atoms with E-state index in [4.69, 9.17) is 10.2 Å². The molecule has 308 valence electrons. The van der Waals surface area contributed by atoms with Crippen molar-refractivity contribution in [2.75, 3.05) is 9.44 Å². The van der Waals surface area contributed by atoms with Crippen LogP contribution in [0.15, 0.2) is 155 Å². The molecule has 0 heterocycles. The van der Waals surface area contributed by atoms with Crippen molar-refractivity contribution < 1.29 is 36.6 Å². The number of carboxylic acid groups (broad SMARTS) is 2. The van der Waals surface area contributed by atoms with Gasteiger partial charge >= 0.3 is 11.9 Å². The molecular formula is C47H45N3O8S2. The van der Waals surface area contributed by atoms with Crippen molar-refractivity contribution in [2.24, 2.45) is 0 Å². The predicted molar refractivity (Wildman–Crippen MR) is 232 cm³/mol. The lowest BCUT2D eigenvalue weighted by molar-refractivity contribution is 0.0686. The highest BCUT2D eigenvalue weighted by molar-refractivity contribution is 7.93. The van der Waals surface area contributed by atoms with E-state index in [-0.39, 0.29) is 26.5 Å². The van der Waals surface area contributed by atoms with Crippen molar-refractivity contribution in [1.82, 2.24) is 0 Å². The normalized spacial score (nSPS) is 11.1. The second kappa shape index (κ2) is 20.8. The number of rotatable bonds is 17. The smallest absolute Gasteiger partial charge is 0.335 e. The molecule has 60 heavy (non-hydrogen) atoms. The van der Waals surface area contributed by atoms with Crippen LogP contribution in [0.1, 0.15) is 73.9 Å². The molecule has 0 amide bonds. The van der Waals surface area contributed by atoms with Crippen LogP contribution in [-0.4, -0.2) is 39.0 Å². The molecule has 6 rings (SSSR count). The van der Waals surface area contributed by atoms with Gasteiger partial charge in [0, 0.05) is 0 Å². The second-order valence-corrected chi connectivity index (χ2v) is 17.2. The third kappa shape index (κ3) is 12.4. The minimum Gasteiger partial charge on any atom is -0.478 e. The summed E-state index contributed by atoms with van der Waals surface area (Å²) in [5.74, 6) is -1.90. The van der Waals surface area contributed by atoms with Crippen LogP contribution in [0.4, 0.5) is 11.4 Å². The van der Waals surface area contributed by atoms with Gasteiger partial charge < -0.3 is 10.2 Å². The molecule has 0 unspecified atom stereocenters. The van der Waals surface area contributed by atoms with Crippen molar-refractivity contribution >= 4 is 43.4 Å². The molecule has 0 aliphatic heterocycles. The average molecular weight is 844 g/mol. The summed E-state index contributed by atoms with van der Waals surface area (Å²) >= 11 is 0. The molecule has 0 saturated carbocycles. The van der Waals surface area contributed by atoms with Crippen molar-refractivity contribution in [3.8, 4) is 6.07 Å². The van der Waals surface area contributed by atoms with E-state index in [9.17, 15) is 31.7 Å². The number of nitrogens with zero attached hydrogens (tertiary/aromatic N) is 1. The van der Waals surface area contributed by atoms with E-state index in [1.807, 2.05) is 61.5 Å². The Balaban J connectivity index is 0.000000228. The molecule has 0 aromatic heterocycles. The number of carbonyl (C=O) groups is 2. The number of benzene rings is 6.